The highest BCUT2D eigenvalue weighted by Crippen LogP contribution is 2.25. The van der Waals surface area contributed by atoms with Crippen molar-refractivity contribution in [1.82, 2.24) is 8.87 Å². The molecule has 3 aromatic carbocycles. The molecule has 0 spiro atoms. The number of sulfonamides is 1. The molecule has 0 saturated carbocycles. The molecule has 0 aliphatic carbocycles. The van der Waals surface area contributed by atoms with Crippen LogP contribution in [0.4, 0.5) is 0 Å². The summed E-state index contributed by atoms with van der Waals surface area (Å²) in [7, 11) is -3.67. The molecule has 0 bridgehead atoms. The first-order valence-corrected chi connectivity index (χ1v) is 14.6. The van der Waals surface area contributed by atoms with Gasteiger partial charge in [0.1, 0.15) is 0 Å². The molecule has 192 valence electrons. The second kappa shape index (κ2) is 10.7. The first-order chi connectivity index (χ1) is 17.9. The number of rotatable bonds is 7. The Balaban J connectivity index is 1.41. The summed E-state index contributed by atoms with van der Waals surface area (Å²) in [6.07, 6.45) is 0.683. The van der Waals surface area contributed by atoms with Crippen molar-refractivity contribution in [2.24, 2.45) is 4.99 Å². The number of carbonyl (C=O) groups excluding carboxylic acids is 1. The number of hydrogen-bond donors (Lipinski definition) is 0. The van der Waals surface area contributed by atoms with Crippen LogP contribution >= 0.6 is 11.3 Å². The molecule has 0 N–H and O–H groups in total. The van der Waals surface area contributed by atoms with E-state index in [0.29, 0.717) is 49.6 Å². The number of ether oxygens (including phenoxy) is 1. The van der Waals surface area contributed by atoms with E-state index >= 15 is 0 Å². The summed E-state index contributed by atoms with van der Waals surface area (Å²) in [4.78, 5) is 18.3. The lowest BCUT2D eigenvalue weighted by atomic mass is 10.0. The lowest BCUT2D eigenvalue weighted by molar-refractivity contribution is 0.0996. The molecule has 0 atom stereocenters. The predicted octanol–water partition coefficient (Wildman–Crippen LogP) is 4.54. The Kier molecular flexibility index (Phi) is 7.39. The summed E-state index contributed by atoms with van der Waals surface area (Å²) < 4.78 is 36.7. The van der Waals surface area contributed by atoms with Crippen LogP contribution < -0.4 is 4.80 Å². The van der Waals surface area contributed by atoms with Gasteiger partial charge in [-0.3, -0.25) is 4.79 Å². The fraction of sp³-hybridized carbons (Fsp3) is 0.286. The van der Waals surface area contributed by atoms with E-state index in [1.54, 1.807) is 12.1 Å². The molecule has 37 heavy (non-hydrogen) atoms. The minimum absolute atomic E-state index is 0.174. The maximum atomic E-state index is 13.3. The fourth-order valence-electron chi connectivity index (χ4n) is 4.65. The van der Waals surface area contributed by atoms with Gasteiger partial charge in [-0.2, -0.15) is 9.30 Å². The molecule has 0 radical (unpaired) electrons. The summed E-state index contributed by atoms with van der Waals surface area (Å²) in [5.41, 5.74) is 4.70. The van der Waals surface area contributed by atoms with Crippen molar-refractivity contribution in [3.05, 3.63) is 93.8 Å². The Morgan fingerprint density at radius 3 is 2.54 bits per heavy atom. The van der Waals surface area contributed by atoms with Gasteiger partial charge in [0.25, 0.3) is 5.91 Å². The number of para-hydroxylation sites is 1. The third-order valence-corrected chi connectivity index (χ3v) is 9.50. The molecule has 7 nitrogen and oxygen atoms in total. The van der Waals surface area contributed by atoms with Crippen LogP contribution in [0.1, 0.15) is 34.0 Å². The van der Waals surface area contributed by atoms with E-state index in [4.69, 9.17) is 4.74 Å². The summed E-state index contributed by atoms with van der Waals surface area (Å²) >= 11 is 1.46. The third kappa shape index (κ3) is 5.17. The van der Waals surface area contributed by atoms with Gasteiger partial charge in [0.15, 0.2) is 4.80 Å². The molecule has 0 saturated heterocycles. The second-order valence-electron chi connectivity index (χ2n) is 8.95. The average Bonchev–Trinajstić information content (AvgIpc) is 3.26. The predicted molar refractivity (Wildman–Crippen MR) is 145 cm³/mol. The number of nitrogens with zero attached hydrogens (tertiary/aromatic N) is 3. The Morgan fingerprint density at radius 1 is 1.03 bits per heavy atom. The van der Waals surface area contributed by atoms with Crippen molar-refractivity contribution in [3.63, 3.8) is 0 Å². The number of aryl methyl sites for hydroxylation is 1. The van der Waals surface area contributed by atoms with Gasteiger partial charge in [-0.05, 0) is 67.3 Å². The standard InChI is InChI=1S/C28H29N3O4S2/c1-3-35-18-17-31-26-20(2)7-6-10-25(26)36-28(31)29-27(32)22-11-13-24(14-12-22)37(33,34)30-16-15-21-8-4-5-9-23(21)19-30/h4-14H,3,15-19H2,1-2H3. The van der Waals surface area contributed by atoms with E-state index < -0.39 is 15.9 Å². The average molecular weight is 536 g/mol. The summed E-state index contributed by atoms with van der Waals surface area (Å²) in [6.45, 7) is 6.49. The van der Waals surface area contributed by atoms with Crippen molar-refractivity contribution < 1.29 is 17.9 Å². The van der Waals surface area contributed by atoms with Crippen molar-refractivity contribution in [1.29, 1.82) is 0 Å². The highest BCUT2D eigenvalue weighted by Gasteiger charge is 2.28. The highest BCUT2D eigenvalue weighted by molar-refractivity contribution is 7.89. The Hall–Kier alpha value is -3.11. The molecule has 1 aromatic heterocycles. The number of benzene rings is 3. The first kappa shape index (κ1) is 25.5. The number of hydrogen-bond acceptors (Lipinski definition) is 5. The van der Waals surface area contributed by atoms with Gasteiger partial charge >= 0.3 is 0 Å². The smallest absolute Gasteiger partial charge is 0.279 e. The molecular weight excluding hydrogens is 506 g/mol. The number of carbonyl (C=O) groups is 1. The van der Waals surface area contributed by atoms with Crippen LogP contribution in [0.15, 0.2) is 76.6 Å². The largest absolute Gasteiger partial charge is 0.380 e. The van der Waals surface area contributed by atoms with E-state index in [1.807, 2.05) is 60.9 Å². The minimum Gasteiger partial charge on any atom is -0.380 e. The van der Waals surface area contributed by atoms with Crippen LogP contribution in [0.5, 0.6) is 0 Å². The van der Waals surface area contributed by atoms with Gasteiger partial charge in [-0.1, -0.05) is 47.7 Å². The molecule has 1 aliphatic heterocycles. The van der Waals surface area contributed by atoms with Crippen molar-refractivity contribution >= 4 is 37.5 Å². The maximum absolute atomic E-state index is 13.3. The van der Waals surface area contributed by atoms with Crippen molar-refractivity contribution in [3.8, 4) is 0 Å². The first-order valence-electron chi connectivity index (χ1n) is 12.3. The third-order valence-electron chi connectivity index (χ3n) is 6.60. The van der Waals surface area contributed by atoms with Crippen LogP contribution in [0.2, 0.25) is 0 Å². The molecule has 4 aromatic rings. The summed E-state index contributed by atoms with van der Waals surface area (Å²) in [5.74, 6) is -0.412. The molecule has 5 rings (SSSR count). The zero-order chi connectivity index (χ0) is 26.0. The number of fused-ring (bicyclic) bond motifs is 2. The Bertz CT molecular complexity index is 1620. The Morgan fingerprint density at radius 2 is 1.78 bits per heavy atom. The van der Waals surface area contributed by atoms with E-state index in [-0.39, 0.29) is 4.90 Å². The van der Waals surface area contributed by atoms with Gasteiger partial charge in [-0.15, -0.1) is 0 Å². The second-order valence-corrected chi connectivity index (χ2v) is 11.9. The molecule has 2 heterocycles. The lowest BCUT2D eigenvalue weighted by Gasteiger charge is -2.28. The minimum atomic E-state index is -3.67. The van der Waals surface area contributed by atoms with Gasteiger partial charge < -0.3 is 9.30 Å². The molecule has 0 unspecified atom stereocenters. The fourth-order valence-corrected chi connectivity index (χ4v) is 7.20. The van der Waals surface area contributed by atoms with E-state index in [1.165, 1.54) is 33.3 Å². The SMILES string of the molecule is CCOCCn1c(=NC(=O)c2ccc(S(=O)(=O)N3CCc4ccccc4C3)cc2)sc2cccc(C)c21. The van der Waals surface area contributed by atoms with Crippen LogP contribution in [0.25, 0.3) is 10.2 Å². The summed E-state index contributed by atoms with van der Waals surface area (Å²) in [5, 5.41) is 0. The van der Waals surface area contributed by atoms with Gasteiger partial charge in [0.2, 0.25) is 10.0 Å². The highest BCUT2D eigenvalue weighted by atomic mass is 32.2. The maximum Gasteiger partial charge on any atom is 0.279 e. The molecule has 1 aliphatic rings. The molecular formula is C28H29N3O4S2. The van der Waals surface area contributed by atoms with Gasteiger partial charge in [0, 0.05) is 31.8 Å². The number of aromatic nitrogens is 1. The Labute approximate surface area is 220 Å². The van der Waals surface area contributed by atoms with E-state index in [2.05, 4.69) is 4.99 Å². The van der Waals surface area contributed by atoms with Crippen LogP contribution in [-0.4, -0.2) is 43.0 Å². The molecule has 9 heteroatoms. The molecule has 0 fully saturated rings. The normalized spacial score (nSPS) is 14.7. The van der Waals surface area contributed by atoms with Crippen LogP contribution in [-0.2, 0) is 34.3 Å². The van der Waals surface area contributed by atoms with E-state index in [0.717, 1.165) is 21.3 Å². The number of thiazole rings is 1. The summed E-state index contributed by atoms with van der Waals surface area (Å²) in [6, 6.07) is 20.0. The quantitative estimate of drug-likeness (QED) is 0.326. The lowest BCUT2D eigenvalue weighted by Crippen LogP contribution is -2.35. The van der Waals surface area contributed by atoms with E-state index in [9.17, 15) is 13.2 Å². The van der Waals surface area contributed by atoms with Crippen LogP contribution in [0.3, 0.4) is 0 Å². The number of amides is 1. The molecule has 1 amide bonds. The van der Waals surface area contributed by atoms with Crippen molar-refractivity contribution in [2.45, 2.75) is 38.3 Å². The monoisotopic (exact) mass is 535 g/mol. The van der Waals surface area contributed by atoms with Gasteiger partial charge in [-0.25, -0.2) is 8.42 Å². The topological polar surface area (TPSA) is 81.0 Å². The van der Waals surface area contributed by atoms with Crippen LogP contribution in [0, 0.1) is 6.92 Å². The van der Waals surface area contributed by atoms with Crippen molar-refractivity contribution in [2.75, 3.05) is 19.8 Å². The zero-order valence-corrected chi connectivity index (χ0v) is 22.5. The zero-order valence-electron chi connectivity index (χ0n) is 20.9. The van der Waals surface area contributed by atoms with Gasteiger partial charge in [0.05, 0.1) is 21.7 Å².